The third-order valence-corrected chi connectivity index (χ3v) is 4.50. The molecule has 0 saturated heterocycles. The monoisotopic (exact) mass is 396 g/mol. The van der Waals surface area contributed by atoms with Crippen LogP contribution < -0.4 is 5.32 Å². The van der Waals surface area contributed by atoms with Crippen molar-refractivity contribution in [2.24, 2.45) is 0 Å². The lowest BCUT2D eigenvalue weighted by Crippen LogP contribution is -2.21. The Balaban J connectivity index is 1.39. The van der Waals surface area contributed by atoms with Gasteiger partial charge in [0.25, 0.3) is 5.91 Å². The lowest BCUT2D eigenvalue weighted by molar-refractivity contribution is -0.147. The third-order valence-electron chi connectivity index (χ3n) is 3.64. The van der Waals surface area contributed by atoms with Gasteiger partial charge in [0.05, 0.1) is 23.8 Å². The van der Waals surface area contributed by atoms with Crippen LogP contribution in [0.3, 0.4) is 0 Å². The number of esters is 1. The van der Waals surface area contributed by atoms with E-state index in [4.69, 9.17) is 14.5 Å². The van der Waals surface area contributed by atoms with Gasteiger partial charge >= 0.3 is 5.97 Å². The summed E-state index contributed by atoms with van der Waals surface area (Å²) in [6.45, 7) is -0.386. The van der Waals surface area contributed by atoms with Crippen molar-refractivity contribution in [2.45, 2.75) is 19.3 Å². The minimum atomic E-state index is -0.532. The quantitative estimate of drug-likeness (QED) is 0.581. The second-order valence-electron chi connectivity index (χ2n) is 5.73. The van der Waals surface area contributed by atoms with E-state index < -0.39 is 11.9 Å². The number of nitriles is 1. The van der Waals surface area contributed by atoms with Gasteiger partial charge < -0.3 is 14.6 Å². The molecule has 2 aromatic heterocycles. The van der Waals surface area contributed by atoms with E-state index in [0.717, 1.165) is 10.4 Å². The summed E-state index contributed by atoms with van der Waals surface area (Å²) >= 11 is 1.49. The number of amides is 1. The van der Waals surface area contributed by atoms with Crippen molar-refractivity contribution in [1.29, 1.82) is 5.26 Å². The van der Waals surface area contributed by atoms with Crippen LogP contribution in [0.4, 0.5) is 5.69 Å². The van der Waals surface area contributed by atoms with Crippen molar-refractivity contribution in [3.05, 3.63) is 53.2 Å². The van der Waals surface area contributed by atoms with Gasteiger partial charge in [0.2, 0.25) is 11.7 Å². The number of benzene rings is 1. The van der Waals surface area contributed by atoms with Crippen LogP contribution in [0.5, 0.6) is 0 Å². The number of hydrogen-bond acceptors (Lipinski definition) is 8. The summed E-state index contributed by atoms with van der Waals surface area (Å²) in [5, 5.41) is 17.0. The number of ether oxygens (including phenoxy) is 1. The Morgan fingerprint density at radius 3 is 2.79 bits per heavy atom. The number of anilines is 1. The number of nitrogens with zero attached hydrogens (tertiary/aromatic N) is 3. The lowest BCUT2D eigenvalue weighted by Gasteiger charge is -2.06. The molecule has 0 spiro atoms. The number of thiophene rings is 1. The molecule has 0 atom stereocenters. The molecule has 1 aromatic carbocycles. The lowest BCUT2D eigenvalue weighted by atomic mass is 10.1. The number of aryl methyl sites for hydroxylation is 1. The Labute approximate surface area is 164 Å². The van der Waals surface area contributed by atoms with E-state index in [1.165, 1.54) is 11.3 Å². The first-order valence-corrected chi connectivity index (χ1v) is 9.30. The molecule has 3 rings (SSSR count). The van der Waals surface area contributed by atoms with Crippen molar-refractivity contribution < 1.29 is 18.8 Å². The highest BCUT2D eigenvalue weighted by molar-refractivity contribution is 7.13. The molecule has 9 heteroatoms. The van der Waals surface area contributed by atoms with Crippen LogP contribution in [-0.4, -0.2) is 28.6 Å². The molecule has 0 aliphatic heterocycles. The summed E-state index contributed by atoms with van der Waals surface area (Å²) in [6.07, 6.45) is 0.572. The highest BCUT2D eigenvalue weighted by Crippen LogP contribution is 2.21. The van der Waals surface area contributed by atoms with E-state index in [1.807, 2.05) is 23.6 Å². The maximum absolute atomic E-state index is 11.9. The number of aromatic nitrogens is 2. The van der Waals surface area contributed by atoms with E-state index in [0.29, 0.717) is 23.8 Å². The molecule has 2 heterocycles. The van der Waals surface area contributed by atoms with Crippen molar-refractivity contribution in [3.8, 4) is 16.8 Å². The molecule has 1 N–H and O–H groups in total. The molecule has 28 heavy (non-hydrogen) atoms. The molecule has 8 nitrogen and oxygen atoms in total. The molecular weight excluding hydrogens is 380 g/mol. The summed E-state index contributed by atoms with van der Waals surface area (Å²) in [5.41, 5.74) is 1.42. The van der Waals surface area contributed by atoms with Crippen LogP contribution in [0.15, 0.2) is 46.3 Å². The van der Waals surface area contributed by atoms with Gasteiger partial charge in [-0.3, -0.25) is 9.59 Å². The fourth-order valence-electron chi connectivity index (χ4n) is 2.28. The molecule has 0 bridgehead atoms. The van der Waals surface area contributed by atoms with Crippen LogP contribution >= 0.6 is 11.3 Å². The Bertz CT molecular complexity index is 974. The normalized spacial score (nSPS) is 10.2. The highest BCUT2D eigenvalue weighted by atomic mass is 32.1. The van der Waals surface area contributed by atoms with Gasteiger partial charge in [0.1, 0.15) is 0 Å². The van der Waals surface area contributed by atoms with Gasteiger partial charge in [-0.1, -0.05) is 23.4 Å². The Hall–Kier alpha value is -3.51. The fourth-order valence-corrected chi connectivity index (χ4v) is 2.93. The minimum absolute atomic E-state index is 0.0300. The van der Waals surface area contributed by atoms with Crippen LogP contribution in [0.2, 0.25) is 0 Å². The summed E-state index contributed by atoms with van der Waals surface area (Å²) in [7, 11) is 0. The van der Waals surface area contributed by atoms with Crippen molar-refractivity contribution in [3.63, 3.8) is 0 Å². The van der Waals surface area contributed by atoms with Gasteiger partial charge in [-0.25, -0.2) is 0 Å². The van der Waals surface area contributed by atoms with Crippen LogP contribution in [0.1, 0.15) is 17.9 Å². The van der Waals surface area contributed by atoms with Crippen LogP contribution in [-0.2, 0) is 27.2 Å². The molecule has 1 amide bonds. The number of carbonyl (C=O) groups excluding carboxylic acids is 2. The molecule has 0 aliphatic rings. The fraction of sp³-hybridized carbons (Fsp3) is 0.211. The number of rotatable bonds is 8. The maximum atomic E-state index is 11.9. The predicted octanol–water partition coefficient (Wildman–Crippen LogP) is 2.98. The number of hydrogen-bond donors (Lipinski definition) is 1. The standard InChI is InChI=1S/C19H16N4O4S/c20-10-9-13-3-5-14(6-4-13)21-16(24)12-26-18(25)8-7-17-22-19(23-27-17)15-2-1-11-28-15/h1-6,11H,7-9,12H2,(H,21,24). The first-order valence-electron chi connectivity index (χ1n) is 8.42. The molecule has 0 aliphatic carbocycles. The molecule has 3 aromatic rings. The molecule has 0 radical (unpaired) electrons. The predicted molar refractivity (Wildman–Crippen MR) is 101 cm³/mol. The molecule has 0 fully saturated rings. The summed E-state index contributed by atoms with van der Waals surface area (Å²) in [4.78, 5) is 28.8. The number of nitrogens with one attached hydrogen (secondary N) is 1. The Kier molecular flexibility index (Phi) is 6.49. The van der Waals surface area contributed by atoms with Crippen molar-refractivity contribution in [1.82, 2.24) is 10.1 Å². The average molecular weight is 396 g/mol. The van der Waals surface area contributed by atoms with Crippen molar-refractivity contribution in [2.75, 3.05) is 11.9 Å². The van der Waals surface area contributed by atoms with Gasteiger partial charge in [-0.2, -0.15) is 10.2 Å². The molecular formula is C19H16N4O4S. The molecule has 0 saturated carbocycles. The second-order valence-corrected chi connectivity index (χ2v) is 6.68. The largest absolute Gasteiger partial charge is 0.456 e. The van der Waals surface area contributed by atoms with Crippen LogP contribution in [0, 0.1) is 11.3 Å². The van der Waals surface area contributed by atoms with Gasteiger partial charge in [0.15, 0.2) is 6.61 Å². The first-order chi connectivity index (χ1) is 13.6. The molecule has 142 valence electrons. The SMILES string of the molecule is N#CCc1ccc(NC(=O)COC(=O)CCc2nc(-c3cccs3)no2)cc1. The summed E-state index contributed by atoms with van der Waals surface area (Å²) in [5.74, 6) is -0.157. The van der Waals surface area contributed by atoms with E-state index >= 15 is 0 Å². The van der Waals surface area contributed by atoms with Crippen molar-refractivity contribution >= 4 is 28.9 Å². The Morgan fingerprint density at radius 2 is 2.07 bits per heavy atom. The summed E-state index contributed by atoms with van der Waals surface area (Å²) < 4.78 is 10.1. The zero-order valence-electron chi connectivity index (χ0n) is 14.8. The zero-order chi connectivity index (χ0) is 19.8. The first kappa shape index (κ1) is 19.3. The van der Waals surface area contributed by atoms with E-state index in [2.05, 4.69) is 15.5 Å². The van der Waals surface area contributed by atoms with Gasteiger partial charge in [0, 0.05) is 12.1 Å². The summed E-state index contributed by atoms with van der Waals surface area (Å²) in [6, 6.07) is 12.7. The third kappa shape index (κ3) is 5.49. The minimum Gasteiger partial charge on any atom is -0.456 e. The van der Waals surface area contributed by atoms with E-state index in [-0.39, 0.29) is 19.4 Å². The van der Waals surface area contributed by atoms with E-state index in [1.54, 1.807) is 24.3 Å². The number of carbonyl (C=O) groups is 2. The second kappa shape index (κ2) is 9.43. The highest BCUT2D eigenvalue weighted by Gasteiger charge is 2.13. The maximum Gasteiger partial charge on any atom is 0.306 e. The van der Waals surface area contributed by atoms with E-state index in [9.17, 15) is 9.59 Å². The van der Waals surface area contributed by atoms with Gasteiger partial charge in [-0.15, -0.1) is 11.3 Å². The molecule has 0 unspecified atom stereocenters. The Morgan fingerprint density at radius 1 is 1.25 bits per heavy atom. The zero-order valence-corrected chi connectivity index (χ0v) is 15.6. The van der Waals surface area contributed by atoms with Crippen LogP contribution in [0.25, 0.3) is 10.7 Å². The van der Waals surface area contributed by atoms with Gasteiger partial charge in [-0.05, 0) is 29.1 Å². The topological polar surface area (TPSA) is 118 Å². The smallest absolute Gasteiger partial charge is 0.306 e. The average Bonchev–Trinajstić information content (AvgIpc) is 3.38.